The summed E-state index contributed by atoms with van der Waals surface area (Å²) in [6, 6.07) is 6.45. The summed E-state index contributed by atoms with van der Waals surface area (Å²) >= 11 is 5.84. The Morgan fingerprint density at radius 2 is 1.09 bits per heavy atom. The highest BCUT2D eigenvalue weighted by atomic mass is 35.5. The van der Waals surface area contributed by atoms with Crippen molar-refractivity contribution in [2.75, 3.05) is 6.61 Å². The molecule has 0 atom stereocenters. The van der Waals surface area contributed by atoms with Crippen LogP contribution in [0.1, 0.15) is 124 Å². The van der Waals surface area contributed by atoms with E-state index < -0.39 is 17.4 Å². The van der Waals surface area contributed by atoms with Gasteiger partial charge in [0.05, 0.1) is 6.61 Å². The summed E-state index contributed by atoms with van der Waals surface area (Å²) in [5.41, 5.74) is -1.35. The van der Waals surface area contributed by atoms with Crippen LogP contribution in [0.15, 0.2) is 24.3 Å². The Hall–Kier alpha value is -1.55. The van der Waals surface area contributed by atoms with Gasteiger partial charge >= 0.3 is 11.9 Å². The Kier molecular flexibility index (Phi) is 16.8. The first-order chi connectivity index (χ1) is 16.4. The number of esters is 2. The maximum Gasteiger partial charge on any atom is 0.328 e. The van der Waals surface area contributed by atoms with Crippen molar-refractivity contribution in [1.29, 1.82) is 0 Å². The van der Waals surface area contributed by atoms with Gasteiger partial charge in [0.25, 0.3) is 0 Å². The second-order valence-corrected chi connectivity index (χ2v) is 10.3. The number of carbonyl (C=O) groups excluding carboxylic acids is 2. The molecule has 1 aromatic rings. The second kappa shape index (κ2) is 18.7. The number of halogens is 1. The molecule has 1 aromatic carbocycles. The van der Waals surface area contributed by atoms with Gasteiger partial charge in [0, 0.05) is 5.02 Å². The smallest absolute Gasteiger partial charge is 0.328 e. The lowest BCUT2D eigenvalue weighted by Crippen LogP contribution is -2.38. The molecule has 0 amide bonds. The second-order valence-electron chi connectivity index (χ2n) is 9.91. The minimum Gasteiger partial charge on any atom is -0.465 e. The Bertz CT molecular complexity index is 669. The molecule has 34 heavy (non-hydrogen) atoms. The summed E-state index contributed by atoms with van der Waals surface area (Å²) in [6.45, 7) is 5.67. The molecule has 0 aromatic heterocycles. The topological polar surface area (TPSA) is 52.6 Å². The van der Waals surface area contributed by atoms with Gasteiger partial charge in [-0.2, -0.15) is 0 Å². The van der Waals surface area contributed by atoms with E-state index in [0.29, 0.717) is 17.4 Å². The van der Waals surface area contributed by atoms with Crippen molar-refractivity contribution in [3.05, 3.63) is 29.3 Å². The maximum absolute atomic E-state index is 12.4. The van der Waals surface area contributed by atoms with Crippen LogP contribution < -0.4 is 4.74 Å². The first kappa shape index (κ1) is 30.5. The Labute approximate surface area is 213 Å². The van der Waals surface area contributed by atoms with E-state index in [0.717, 1.165) is 19.3 Å². The van der Waals surface area contributed by atoms with Crippen LogP contribution in [0.5, 0.6) is 5.75 Å². The summed E-state index contributed by atoms with van der Waals surface area (Å²) in [5, 5.41) is 0.553. The number of rotatable bonds is 20. The largest absolute Gasteiger partial charge is 0.465 e. The van der Waals surface area contributed by atoms with Gasteiger partial charge in [-0.05, 0) is 44.5 Å². The molecule has 0 saturated heterocycles. The molecule has 0 unspecified atom stereocenters. The summed E-state index contributed by atoms with van der Waals surface area (Å²) in [4.78, 5) is 24.8. The molecule has 0 aliphatic heterocycles. The van der Waals surface area contributed by atoms with Crippen LogP contribution >= 0.6 is 11.6 Å². The zero-order chi connectivity index (χ0) is 25.1. The van der Waals surface area contributed by atoms with Crippen molar-refractivity contribution in [3.8, 4) is 5.75 Å². The number of hydrogen-bond acceptors (Lipinski definition) is 4. The van der Waals surface area contributed by atoms with E-state index in [2.05, 4.69) is 6.92 Å². The van der Waals surface area contributed by atoms with Gasteiger partial charge in [-0.25, -0.2) is 0 Å². The minimum absolute atomic E-state index is 0.342. The van der Waals surface area contributed by atoms with E-state index in [1.54, 1.807) is 24.3 Å². The van der Waals surface area contributed by atoms with E-state index >= 15 is 0 Å². The fourth-order valence-corrected chi connectivity index (χ4v) is 3.94. The van der Waals surface area contributed by atoms with E-state index in [-0.39, 0.29) is 0 Å². The third-order valence-corrected chi connectivity index (χ3v) is 6.53. The average Bonchev–Trinajstić information content (AvgIpc) is 2.82. The number of carbonyl (C=O) groups is 2. The van der Waals surface area contributed by atoms with Crippen LogP contribution in [0, 0.1) is 5.41 Å². The van der Waals surface area contributed by atoms with Crippen molar-refractivity contribution >= 4 is 23.5 Å². The van der Waals surface area contributed by atoms with Crippen LogP contribution in [0.25, 0.3) is 0 Å². The van der Waals surface area contributed by atoms with Gasteiger partial charge in [-0.15, -0.1) is 0 Å². The molecule has 0 aliphatic rings. The predicted molar refractivity (Wildman–Crippen MR) is 141 cm³/mol. The highest BCUT2D eigenvalue weighted by Gasteiger charge is 2.39. The van der Waals surface area contributed by atoms with Crippen molar-refractivity contribution < 1.29 is 19.1 Å². The highest BCUT2D eigenvalue weighted by Crippen LogP contribution is 2.23. The molecule has 0 N–H and O–H groups in total. The zero-order valence-electron chi connectivity index (χ0n) is 21.8. The molecule has 0 heterocycles. The molecule has 0 fully saturated rings. The van der Waals surface area contributed by atoms with E-state index in [4.69, 9.17) is 21.1 Å². The monoisotopic (exact) mass is 494 g/mol. The summed E-state index contributed by atoms with van der Waals surface area (Å²) in [6.07, 6.45) is 20.8. The quantitative estimate of drug-likeness (QED) is 0.0784. The van der Waals surface area contributed by atoms with Crippen molar-refractivity contribution in [3.63, 3.8) is 0 Å². The molecule has 0 saturated carbocycles. The zero-order valence-corrected chi connectivity index (χ0v) is 22.6. The lowest BCUT2D eigenvalue weighted by molar-refractivity contribution is -0.164. The van der Waals surface area contributed by atoms with Gasteiger partial charge in [-0.1, -0.05) is 115 Å². The van der Waals surface area contributed by atoms with Crippen LogP contribution in [-0.2, 0) is 14.3 Å². The maximum atomic E-state index is 12.4. The summed E-state index contributed by atoms with van der Waals surface area (Å²) in [7, 11) is 0. The Balaban J connectivity index is 1.97. The van der Waals surface area contributed by atoms with Crippen LogP contribution in [0.3, 0.4) is 0 Å². The molecule has 0 radical (unpaired) electrons. The Morgan fingerprint density at radius 3 is 1.53 bits per heavy atom. The molecule has 4 nitrogen and oxygen atoms in total. The predicted octanol–water partition coefficient (Wildman–Crippen LogP) is 9.08. The standard InChI is InChI=1S/C29H47ClO4/c1-4-5-6-7-8-9-10-11-12-13-14-15-16-17-18-19-24-33-27(31)29(2,3)28(32)34-26-22-20-25(30)21-23-26/h20-23H,4-19,24H2,1-3H3. The van der Waals surface area contributed by atoms with Crippen molar-refractivity contribution in [1.82, 2.24) is 0 Å². The third-order valence-electron chi connectivity index (χ3n) is 6.28. The van der Waals surface area contributed by atoms with Gasteiger partial charge in [0.1, 0.15) is 5.75 Å². The van der Waals surface area contributed by atoms with E-state index in [1.165, 1.54) is 97.3 Å². The molecule has 5 heteroatoms. The lowest BCUT2D eigenvalue weighted by atomic mass is 9.94. The SMILES string of the molecule is CCCCCCCCCCCCCCCCCCOC(=O)C(C)(C)C(=O)Oc1ccc(Cl)cc1. The highest BCUT2D eigenvalue weighted by molar-refractivity contribution is 6.30. The van der Waals surface area contributed by atoms with Gasteiger partial charge in [-0.3, -0.25) is 9.59 Å². The normalized spacial score (nSPS) is 11.4. The summed E-state index contributed by atoms with van der Waals surface area (Å²) < 4.78 is 10.6. The molecule has 0 aliphatic carbocycles. The molecule has 194 valence electrons. The fourth-order valence-electron chi connectivity index (χ4n) is 3.82. The third kappa shape index (κ3) is 14.0. The first-order valence-electron chi connectivity index (χ1n) is 13.5. The lowest BCUT2D eigenvalue weighted by Gasteiger charge is -2.20. The molecule has 0 spiro atoms. The minimum atomic E-state index is -1.35. The van der Waals surface area contributed by atoms with E-state index in [1.807, 2.05) is 0 Å². The van der Waals surface area contributed by atoms with Gasteiger partial charge in [0.15, 0.2) is 5.41 Å². The molecule has 0 bridgehead atoms. The molecular weight excluding hydrogens is 448 g/mol. The number of ether oxygens (including phenoxy) is 2. The van der Waals surface area contributed by atoms with Gasteiger partial charge in [0.2, 0.25) is 0 Å². The van der Waals surface area contributed by atoms with Crippen LogP contribution in [-0.4, -0.2) is 18.5 Å². The van der Waals surface area contributed by atoms with Crippen molar-refractivity contribution in [2.24, 2.45) is 5.41 Å². The first-order valence-corrected chi connectivity index (χ1v) is 13.9. The van der Waals surface area contributed by atoms with Crippen LogP contribution in [0.2, 0.25) is 5.02 Å². The Morgan fingerprint density at radius 1 is 0.676 bits per heavy atom. The molecular formula is C29H47ClO4. The van der Waals surface area contributed by atoms with Gasteiger partial charge < -0.3 is 9.47 Å². The number of hydrogen-bond donors (Lipinski definition) is 0. The summed E-state index contributed by atoms with van der Waals surface area (Å²) in [5.74, 6) is -0.827. The van der Waals surface area contributed by atoms with Crippen LogP contribution in [0.4, 0.5) is 0 Å². The fraction of sp³-hybridized carbons (Fsp3) is 0.724. The van der Waals surface area contributed by atoms with E-state index in [9.17, 15) is 9.59 Å². The van der Waals surface area contributed by atoms with Crippen molar-refractivity contribution in [2.45, 2.75) is 124 Å². The number of benzene rings is 1. The average molecular weight is 495 g/mol. The molecule has 1 rings (SSSR count). The number of unbranched alkanes of at least 4 members (excludes halogenated alkanes) is 15.